The number of ether oxygens (including phenoxy) is 1. The zero-order chi connectivity index (χ0) is 21.6. The molecule has 4 heterocycles. The molecule has 2 aromatic rings. The maximum absolute atomic E-state index is 13.0. The Morgan fingerprint density at radius 3 is 2.74 bits per heavy atom. The van der Waals surface area contributed by atoms with E-state index in [1.54, 1.807) is 36.5 Å². The van der Waals surface area contributed by atoms with Crippen molar-refractivity contribution < 1.29 is 23.8 Å². The van der Waals surface area contributed by atoms with Crippen LogP contribution in [0.3, 0.4) is 0 Å². The van der Waals surface area contributed by atoms with Crippen LogP contribution in [0.4, 0.5) is 0 Å². The van der Waals surface area contributed by atoms with Gasteiger partial charge in [-0.1, -0.05) is 6.07 Å². The van der Waals surface area contributed by atoms with E-state index in [9.17, 15) is 14.7 Å². The molecule has 162 valence electrons. The van der Waals surface area contributed by atoms with Gasteiger partial charge in [-0.2, -0.15) is 0 Å². The summed E-state index contributed by atoms with van der Waals surface area (Å²) in [6.45, 7) is 4.36. The maximum atomic E-state index is 13.0. The molecule has 0 unspecified atom stereocenters. The minimum Gasteiger partial charge on any atom is -0.503 e. The number of hydrogen-bond acceptors (Lipinski definition) is 7. The lowest BCUT2D eigenvalue weighted by Gasteiger charge is -2.29. The van der Waals surface area contributed by atoms with Crippen LogP contribution in [0.25, 0.3) is 6.08 Å². The van der Waals surface area contributed by atoms with E-state index in [1.165, 1.54) is 23.3 Å². The van der Waals surface area contributed by atoms with Gasteiger partial charge in [0.05, 0.1) is 30.7 Å². The summed E-state index contributed by atoms with van der Waals surface area (Å²) >= 11 is 0. The maximum Gasteiger partial charge on any atom is 0.290 e. The number of morpholine rings is 1. The number of pyridine rings is 1. The quantitative estimate of drug-likeness (QED) is 0.651. The van der Waals surface area contributed by atoms with Crippen LogP contribution in [0.2, 0.25) is 0 Å². The van der Waals surface area contributed by atoms with Gasteiger partial charge in [0.25, 0.3) is 5.91 Å². The van der Waals surface area contributed by atoms with Crippen molar-refractivity contribution in [1.29, 1.82) is 0 Å². The first-order valence-electron chi connectivity index (χ1n) is 10.4. The van der Waals surface area contributed by atoms with Crippen molar-refractivity contribution in [2.75, 3.05) is 39.4 Å². The molecule has 0 radical (unpaired) electrons. The van der Waals surface area contributed by atoms with Gasteiger partial charge >= 0.3 is 0 Å². The van der Waals surface area contributed by atoms with Crippen LogP contribution in [0, 0.1) is 0 Å². The van der Waals surface area contributed by atoms with Crippen molar-refractivity contribution in [2.24, 2.45) is 0 Å². The molecule has 1 saturated heterocycles. The third-order valence-corrected chi connectivity index (χ3v) is 5.46. The normalized spacial score (nSPS) is 20.2. The highest BCUT2D eigenvalue weighted by molar-refractivity contribution is 6.14. The highest BCUT2D eigenvalue weighted by Crippen LogP contribution is 2.37. The Hall–Kier alpha value is -3.23. The van der Waals surface area contributed by atoms with Crippen molar-refractivity contribution in [3.63, 3.8) is 0 Å². The summed E-state index contributed by atoms with van der Waals surface area (Å²) in [5.74, 6) is -1.01. The van der Waals surface area contributed by atoms with Crippen LogP contribution < -0.4 is 0 Å². The van der Waals surface area contributed by atoms with Gasteiger partial charge in [-0.25, -0.2) is 0 Å². The Morgan fingerprint density at radius 1 is 1.19 bits per heavy atom. The Labute approximate surface area is 180 Å². The third-order valence-electron chi connectivity index (χ3n) is 5.46. The lowest BCUT2D eigenvalue weighted by molar-refractivity contribution is -0.129. The molecule has 2 aromatic heterocycles. The molecule has 1 N–H and O–H groups in total. The Bertz CT molecular complexity index is 962. The second-order valence-corrected chi connectivity index (χ2v) is 7.44. The van der Waals surface area contributed by atoms with Crippen LogP contribution in [0.15, 0.2) is 64.6 Å². The van der Waals surface area contributed by atoms with Crippen LogP contribution in [0.1, 0.15) is 23.9 Å². The number of aliphatic hydroxyl groups excluding tert-OH is 1. The molecule has 4 rings (SSSR count). The standard InChI is InChI=1S/C23H25N3O5/c27-19(8-7-17-5-3-14-31-17)20-21(18-6-1-2-9-24-18)26(23(29)22(20)28)11-4-10-25-12-15-30-16-13-25/h1-3,5-9,14,21,28H,4,10-13,15-16H2/b8-7+/t21-/m1/s1. The smallest absolute Gasteiger partial charge is 0.290 e. The van der Waals surface area contributed by atoms with E-state index in [2.05, 4.69) is 9.88 Å². The predicted octanol–water partition coefficient (Wildman–Crippen LogP) is 2.37. The fourth-order valence-electron chi connectivity index (χ4n) is 3.90. The molecule has 0 saturated carbocycles. The number of aromatic nitrogens is 1. The van der Waals surface area contributed by atoms with Crippen LogP contribution in [0.5, 0.6) is 0 Å². The first-order valence-corrected chi connectivity index (χ1v) is 10.4. The van der Waals surface area contributed by atoms with Crippen LogP contribution >= 0.6 is 0 Å². The molecule has 1 fully saturated rings. The molecule has 8 heteroatoms. The van der Waals surface area contributed by atoms with Gasteiger partial charge in [-0.15, -0.1) is 0 Å². The van der Waals surface area contributed by atoms with Crippen molar-refractivity contribution >= 4 is 17.8 Å². The van der Waals surface area contributed by atoms with Gasteiger partial charge in [0.15, 0.2) is 11.5 Å². The van der Waals surface area contributed by atoms with Crippen molar-refractivity contribution in [2.45, 2.75) is 12.5 Å². The highest BCUT2D eigenvalue weighted by Gasteiger charge is 2.43. The molecule has 0 bridgehead atoms. The summed E-state index contributed by atoms with van der Waals surface area (Å²) < 4.78 is 10.6. The molecule has 2 aliphatic heterocycles. The zero-order valence-electron chi connectivity index (χ0n) is 17.1. The Balaban J connectivity index is 1.54. The van der Waals surface area contributed by atoms with E-state index in [-0.39, 0.29) is 5.57 Å². The van der Waals surface area contributed by atoms with Gasteiger partial charge in [-0.05, 0) is 42.8 Å². The van der Waals surface area contributed by atoms with Crippen molar-refractivity contribution in [3.05, 3.63) is 71.7 Å². The van der Waals surface area contributed by atoms with Crippen LogP contribution in [-0.4, -0.2) is 71.0 Å². The zero-order valence-corrected chi connectivity index (χ0v) is 17.1. The molecular formula is C23H25N3O5. The van der Waals surface area contributed by atoms with E-state index < -0.39 is 23.5 Å². The topological polar surface area (TPSA) is 96.1 Å². The molecule has 8 nitrogen and oxygen atoms in total. The number of furan rings is 1. The highest BCUT2D eigenvalue weighted by atomic mass is 16.5. The van der Waals surface area contributed by atoms with Gasteiger partial charge in [0, 0.05) is 32.4 Å². The number of nitrogens with zero attached hydrogens (tertiary/aromatic N) is 3. The third kappa shape index (κ3) is 4.76. The summed E-state index contributed by atoms with van der Waals surface area (Å²) in [7, 11) is 0. The second kappa shape index (κ2) is 9.72. The van der Waals surface area contributed by atoms with Gasteiger partial charge in [-0.3, -0.25) is 19.5 Å². The molecule has 1 atom stereocenters. The first kappa shape index (κ1) is 21.0. The van der Waals surface area contributed by atoms with Crippen molar-refractivity contribution in [1.82, 2.24) is 14.8 Å². The number of hydrogen-bond donors (Lipinski definition) is 1. The van der Waals surface area contributed by atoms with Crippen LogP contribution in [-0.2, 0) is 14.3 Å². The summed E-state index contributed by atoms with van der Waals surface area (Å²) in [5, 5.41) is 10.6. The van der Waals surface area contributed by atoms with Gasteiger partial charge < -0.3 is 19.2 Å². The Morgan fingerprint density at radius 2 is 2.03 bits per heavy atom. The van der Waals surface area contributed by atoms with Crippen molar-refractivity contribution in [3.8, 4) is 0 Å². The summed E-state index contributed by atoms with van der Waals surface area (Å²) in [6, 6.07) is 8.03. The monoisotopic (exact) mass is 423 g/mol. The van der Waals surface area contributed by atoms with E-state index in [0.29, 0.717) is 37.6 Å². The Kier molecular flexibility index (Phi) is 6.59. The molecule has 1 amide bonds. The fraction of sp³-hybridized carbons (Fsp3) is 0.348. The second-order valence-electron chi connectivity index (χ2n) is 7.44. The number of carbonyl (C=O) groups excluding carboxylic acids is 2. The number of ketones is 1. The molecule has 0 spiro atoms. The summed E-state index contributed by atoms with van der Waals surface area (Å²) in [6.07, 6.45) is 6.66. The minimum atomic E-state index is -0.729. The van der Waals surface area contributed by atoms with E-state index in [4.69, 9.17) is 9.15 Å². The minimum absolute atomic E-state index is 0.0397. The molecule has 31 heavy (non-hydrogen) atoms. The number of amides is 1. The lowest BCUT2D eigenvalue weighted by atomic mass is 9.99. The van der Waals surface area contributed by atoms with Gasteiger partial charge in [0.2, 0.25) is 0 Å². The number of allylic oxidation sites excluding steroid dienone is 1. The van der Waals surface area contributed by atoms with E-state index in [0.717, 1.165) is 19.6 Å². The average Bonchev–Trinajstić information content (AvgIpc) is 3.41. The lowest BCUT2D eigenvalue weighted by Crippen LogP contribution is -2.39. The van der Waals surface area contributed by atoms with E-state index in [1.807, 2.05) is 0 Å². The number of aliphatic hydroxyl groups is 1. The largest absolute Gasteiger partial charge is 0.503 e. The molecule has 0 aliphatic carbocycles. The number of carbonyl (C=O) groups is 2. The summed E-state index contributed by atoms with van der Waals surface area (Å²) in [5.41, 5.74) is 0.582. The molecule has 2 aliphatic rings. The fourth-order valence-corrected chi connectivity index (χ4v) is 3.90. The SMILES string of the molecule is O=C(/C=C/c1ccco1)C1=C(O)C(=O)N(CCCN2CCOCC2)[C@@H]1c1ccccn1. The van der Waals surface area contributed by atoms with Gasteiger partial charge in [0.1, 0.15) is 11.8 Å². The average molecular weight is 423 g/mol. The van der Waals surface area contributed by atoms with E-state index >= 15 is 0 Å². The first-order chi connectivity index (χ1) is 15.1. The summed E-state index contributed by atoms with van der Waals surface area (Å²) in [4.78, 5) is 34.0. The predicted molar refractivity (Wildman–Crippen MR) is 113 cm³/mol. The molecular weight excluding hydrogens is 398 g/mol. The molecule has 0 aromatic carbocycles. The number of rotatable bonds is 8.